The molecule has 0 aromatic carbocycles. The zero-order valence-electron chi connectivity index (χ0n) is 8.12. The number of nitrogens with zero attached hydrogens (tertiary/aromatic N) is 2. The zero-order chi connectivity index (χ0) is 10.2. The molecule has 0 aromatic heterocycles. The quantitative estimate of drug-likeness (QED) is 0.603. The van der Waals surface area contributed by atoms with Crippen molar-refractivity contribution >= 4 is 0 Å². The van der Waals surface area contributed by atoms with Gasteiger partial charge in [0, 0.05) is 12.8 Å². The summed E-state index contributed by atoms with van der Waals surface area (Å²) in [7, 11) is 0. The summed E-state index contributed by atoms with van der Waals surface area (Å²) in [6, 6.07) is 3.86. The lowest BCUT2D eigenvalue weighted by Gasteiger charge is -1.70. The number of aliphatic hydroxyl groups excluding tert-OH is 2. The SMILES string of the molecule is CCC#N.CCC#N.O.OCCO. The van der Waals surface area contributed by atoms with Crippen molar-refractivity contribution in [3.8, 4) is 12.1 Å². The van der Waals surface area contributed by atoms with E-state index in [0.29, 0.717) is 12.8 Å². The highest BCUT2D eigenvalue weighted by atomic mass is 16.3. The summed E-state index contributed by atoms with van der Waals surface area (Å²) < 4.78 is 0. The summed E-state index contributed by atoms with van der Waals surface area (Å²) in [5.41, 5.74) is 0. The molecule has 0 bridgehead atoms. The van der Waals surface area contributed by atoms with Gasteiger partial charge in [0.2, 0.25) is 0 Å². The van der Waals surface area contributed by atoms with Gasteiger partial charge in [0.25, 0.3) is 0 Å². The highest BCUT2D eigenvalue weighted by molar-refractivity contribution is 4.62. The number of nitriles is 2. The van der Waals surface area contributed by atoms with Crippen LogP contribution < -0.4 is 0 Å². The Morgan fingerprint density at radius 1 is 0.923 bits per heavy atom. The van der Waals surface area contributed by atoms with Crippen LogP contribution in [0.15, 0.2) is 0 Å². The fourth-order valence-electron chi connectivity index (χ4n) is 0. The molecule has 0 atom stereocenters. The largest absolute Gasteiger partial charge is 0.412 e. The molecule has 0 unspecified atom stereocenters. The zero-order valence-corrected chi connectivity index (χ0v) is 8.12. The Morgan fingerprint density at radius 3 is 1.08 bits per heavy atom. The first-order chi connectivity index (χ1) is 5.74. The normalized spacial score (nSPS) is 5.38. The molecule has 0 aliphatic carbocycles. The first kappa shape index (κ1) is 22.6. The molecular formula is C8H18N2O3. The van der Waals surface area contributed by atoms with E-state index in [0.717, 1.165) is 0 Å². The Bertz CT molecular complexity index is 110. The van der Waals surface area contributed by atoms with Gasteiger partial charge in [-0.25, -0.2) is 0 Å². The van der Waals surface area contributed by atoms with E-state index in [2.05, 4.69) is 0 Å². The van der Waals surface area contributed by atoms with Gasteiger partial charge in [-0.15, -0.1) is 0 Å². The number of aliphatic hydroxyl groups is 2. The second-order valence-electron chi connectivity index (χ2n) is 1.47. The second-order valence-corrected chi connectivity index (χ2v) is 1.47. The summed E-state index contributed by atoms with van der Waals surface area (Å²) >= 11 is 0. The molecule has 13 heavy (non-hydrogen) atoms. The van der Waals surface area contributed by atoms with E-state index in [1.54, 1.807) is 0 Å². The van der Waals surface area contributed by atoms with Crippen LogP contribution in [0.5, 0.6) is 0 Å². The van der Waals surface area contributed by atoms with Crippen LogP contribution in [-0.4, -0.2) is 28.9 Å². The van der Waals surface area contributed by atoms with Gasteiger partial charge in [0.05, 0.1) is 25.4 Å². The van der Waals surface area contributed by atoms with Crippen molar-refractivity contribution in [1.29, 1.82) is 10.5 Å². The van der Waals surface area contributed by atoms with Gasteiger partial charge in [-0.3, -0.25) is 0 Å². The van der Waals surface area contributed by atoms with E-state index in [-0.39, 0.29) is 18.7 Å². The molecule has 0 aliphatic heterocycles. The maximum Gasteiger partial charge on any atom is 0.0662 e. The first-order valence-corrected chi connectivity index (χ1v) is 3.70. The molecule has 0 saturated carbocycles. The Hall–Kier alpha value is -1.14. The third kappa shape index (κ3) is 246. The summed E-state index contributed by atoms with van der Waals surface area (Å²) in [5, 5.41) is 30.5. The van der Waals surface area contributed by atoms with E-state index in [1.165, 1.54) is 0 Å². The fraction of sp³-hybridized carbons (Fsp3) is 0.750. The van der Waals surface area contributed by atoms with Gasteiger partial charge in [-0.1, -0.05) is 13.8 Å². The van der Waals surface area contributed by atoms with Crippen molar-refractivity contribution in [2.24, 2.45) is 0 Å². The lowest BCUT2D eigenvalue weighted by atomic mass is 10.6. The molecule has 0 aromatic rings. The molecule has 78 valence electrons. The van der Waals surface area contributed by atoms with Crippen LogP contribution in [-0.2, 0) is 0 Å². The van der Waals surface area contributed by atoms with Crippen LogP contribution in [0.3, 0.4) is 0 Å². The van der Waals surface area contributed by atoms with E-state index in [9.17, 15) is 0 Å². The maximum atomic E-state index is 7.62. The van der Waals surface area contributed by atoms with E-state index >= 15 is 0 Å². The smallest absolute Gasteiger partial charge is 0.0662 e. The molecule has 0 amide bonds. The van der Waals surface area contributed by atoms with Crippen molar-refractivity contribution in [3.05, 3.63) is 0 Å². The Kier molecular flexibility index (Phi) is 77.9. The molecule has 0 radical (unpaired) electrons. The average Bonchev–Trinajstić information content (AvgIpc) is 2.18. The molecule has 5 heteroatoms. The minimum atomic E-state index is -0.125. The van der Waals surface area contributed by atoms with Gasteiger partial charge < -0.3 is 15.7 Å². The van der Waals surface area contributed by atoms with Gasteiger partial charge in [-0.2, -0.15) is 10.5 Å². The minimum Gasteiger partial charge on any atom is -0.412 e. The summed E-state index contributed by atoms with van der Waals surface area (Å²) in [5.74, 6) is 0. The van der Waals surface area contributed by atoms with Crippen LogP contribution in [0.2, 0.25) is 0 Å². The third-order valence-corrected chi connectivity index (χ3v) is 0.416. The Labute approximate surface area is 79.2 Å². The van der Waals surface area contributed by atoms with Crippen LogP contribution in [0.4, 0.5) is 0 Å². The van der Waals surface area contributed by atoms with E-state index in [1.807, 2.05) is 26.0 Å². The standard InChI is InChI=1S/2C3H5N.C2H6O2.H2O/c2*1-2-3-4;3-1-2-4;/h2*2H2,1H3;3-4H,1-2H2;1H2. The molecule has 0 heterocycles. The molecule has 0 aliphatic rings. The van der Waals surface area contributed by atoms with Gasteiger partial charge >= 0.3 is 0 Å². The van der Waals surface area contributed by atoms with Crippen molar-refractivity contribution in [2.45, 2.75) is 26.7 Å². The summed E-state index contributed by atoms with van der Waals surface area (Å²) in [6.45, 7) is 3.39. The Balaban J connectivity index is -0.0000000450. The predicted molar refractivity (Wildman–Crippen MR) is 49.6 cm³/mol. The van der Waals surface area contributed by atoms with Crippen LogP contribution in [0, 0.1) is 22.7 Å². The first-order valence-electron chi connectivity index (χ1n) is 3.70. The van der Waals surface area contributed by atoms with Crippen LogP contribution in [0.25, 0.3) is 0 Å². The van der Waals surface area contributed by atoms with Crippen molar-refractivity contribution < 1.29 is 15.7 Å². The highest BCUT2D eigenvalue weighted by Crippen LogP contribution is 1.58. The summed E-state index contributed by atoms with van der Waals surface area (Å²) in [6.07, 6.45) is 1.25. The van der Waals surface area contributed by atoms with Crippen LogP contribution in [0.1, 0.15) is 26.7 Å². The average molecular weight is 190 g/mol. The van der Waals surface area contributed by atoms with Gasteiger partial charge in [0.1, 0.15) is 0 Å². The highest BCUT2D eigenvalue weighted by Gasteiger charge is 1.58. The van der Waals surface area contributed by atoms with Crippen molar-refractivity contribution in [2.75, 3.05) is 13.2 Å². The molecule has 0 rings (SSSR count). The molecule has 0 saturated heterocycles. The number of hydrogen-bond donors (Lipinski definition) is 2. The van der Waals surface area contributed by atoms with Crippen molar-refractivity contribution in [3.63, 3.8) is 0 Å². The summed E-state index contributed by atoms with van der Waals surface area (Å²) in [4.78, 5) is 0. The van der Waals surface area contributed by atoms with Gasteiger partial charge in [0.15, 0.2) is 0 Å². The minimum absolute atomic E-state index is 0. The van der Waals surface area contributed by atoms with E-state index in [4.69, 9.17) is 20.7 Å². The van der Waals surface area contributed by atoms with E-state index < -0.39 is 0 Å². The van der Waals surface area contributed by atoms with Crippen molar-refractivity contribution in [1.82, 2.24) is 0 Å². The number of hydrogen-bond acceptors (Lipinski definition) is 4. The molecule has 0 fully saturated rings. The maximum absolute atomic E-state index is 7.62. The van der Waals surface area contributed by atoms with Gasteiger partial charge in [-0.05, 0) is 0 Å². The third-order valence-electron chi connectivity index (χ3n) is 0.416. The lowest BCUT2D eigenvalue weighted by Crippen LogP contribution is -1.85. The molecular weight excluding hydrogens is 172 g/mol. The Morgan fingerprint density at radius 2 is 1.08 bits per heavy atom. The molecule has 0 spiro atoms. The topological polar surface area (TPSA) is 120 Å². The number of rotatable bonds is 1. The fourth-order valence-corrected chi connectivity index (χ4v) is 0. The predicted octanol–water partition coefficient (Wildman–Crippen LogP) is -0.0137. The monoisotopic (exact) mass is 190 g/mol. The van der Waals surface area contributed by atoms with Crippen LogP contribution >= 0.6 is 0 Å². The lowest BCUT2D eigenvalue weighted by molar-refractivity contribution is 0.186. The molecule has 4 N–H and O–H groups in total. The molecule has 5 nitrogen and oxygen atoms in total. The second kappa shape index (κ2) is 44.7.